The maximum absolute atomic E-state index is 12.8. The fraction of sp³-hybridized carbons (Fsp3) is 0.391. The van der Waals surface area contributed by atoms with Crippen LogP contribution in [0.5, 0.6) is 0 Å². The van der Waals surface area contributed by atoms with Gasteiger partial charge in [-0.25, -0.2) is 0 Å². The first-order chi connectivity index (χ1) is 13.7. The van der Waals surface area contributed by atoms with Crippen molar-refractivity contribution in [2.45, 2.75) is 18.9 Å². The number of hydrogen-bond acceptors (Lipinski definition) is 3. The summed E-state index contributed by atoms with van der Waals surface area (Å²) in [4.78, 5) is 29.2. The van der Waals surface area contributed by atoms with Gasteiger partial charge in [-0.2, -0.15) is 0 Å². The normalized spacial score (nSPS) is 20.8. The molecule has 5 nitrogen and oxygen atoms in total. The lowest BCUT2D eigenvalue weighted by molar-refractivity contribution is -0.145. The number of piperazine rings is 1. The number of amides is 2. The third-order valence-electron chi connectivity index (χ3n) is 5.81. The number of benzene rings is 2. The van der Waals surface area contributed by atoms with Gasteiger partial charge in [-0.05, 0) is 24.0 Å². The van der Waals surface area contributed by atoms with Crippen LogP contribution in [0.25, 0.3) is 0 Å². The summed E-state index contributed by atoms with van der Waals surface area (Å²) in [5.74, 6) is -0.614. The minimum atomic E-state index is -0.501. The molecule has 0 saturated carbocycles. The molecule has 4 rings (SSSR count). The van der Waals surface area contributed by atoms with Crippen LogP contribution in [0.3, 0.4) is 0 Å². The SMILES string of the molecule is O=C1NCCC[C@H]1C(=O)N1CCN(C(c2ccccc2)c2ccccc2)CC1. The van der Waals surface area contributed by atoms with Crippen molar-refractivity contribution in [1.29, 1.82) is 0 Å². The van der Waals surface area contributed by atoms with E-state index in [1.54, 1.807) is 0 Å². The second kappa shape index (κ2) is 8.57. The first-order valence-electron chi connectivity index (χ1n) is 10.1. The Morgan fingerprint density at radius 2 is 1.46 bits per heavy atom. The Hall–Kier alpha value is -2.66. The molecule has 0 unspecified atom stereocenters. The summed E-state index contributed by atoms with van der Waals surface area (Å²) in [6.45, 7) is 3.62. The second-order valence-corrected chi connectivity index (χ2v) is 7.57. The molecule has 2 fully saturated rings. The van der Waals surface area contributed by atoms with Gasteiger partial charge in [0.15, 0.2) is 0 Å². The summed E-state index contributed by atoms with van der Waals surface area (Å²) in [6.07, 6.45) is 1.55. The standard InChI is InChI=1S/C23H27N3O2/c27-22-20(12-7-13-24-22)23(28)26-16-14-25(15-17-26)21(18-8-3-1-4-9-18)19-10-5-2-6-11-19/h1-6,8-11,20-21H,7,12-17H2,(H,24,27)/t20-/m1/s1. The minimum absolute atomic E-state index is 0.00665. The van der Waals surface area contributed by atoms with Crippen LogP contribution in [0.15, 0.2) is 60.7 Å². The van der Waals surface area contributed by atoms with E-state index in [0.29, 0.717) is 26.1 Å². The average molecular weight is 377 g/mol. The molecule has 5 heteroatoms. The zero-order valence-electron chi connectivity index (χ0n) is 16.1. The Bertz CT molecular complexity index is 762. The highest BCUT2D eigenvalue weighted by molar-refractivity contribution is 6.00. The highest BCUT2D eigenvalue weighted by atomic mass is 16.2. The van der Waals surface area contributed by atoms with E-state index in [0.717, 1.165) is 19.5 Å². The first-order valence-corrected chi connectivity index (χ1v) is 10.1. The van der Waals surface area contributed by atoms with Crippen LogP contribution in [-0.4, -0.2) is 54.3 Å². The van der Waals surface area contributed by atoms with Crippen molar-refractivity contribution in [3.8, 4) is 0 Å². The number of nitrogens with zero attached hydrogens (tertiary/aromatic N) is 2. The molecule has 2 heterocycles. The van der Waals surface area contributed by atoms with E-state index < -0.39 is 5.92 Å². The molecule has 2 aliphatic heterocycles. The zero-order chi connectivity index (χ0) is 19.3. The van der Waals surface area contributed by atoms with Crippen LogP contribution in [-0.2, 0) is 9.59 Å². The van der Waals surface area contributed by atoms with Gasteiger partial charge in [0.05, 0.1) is 6.04 Å². The molecule has 2 aromatic carbocycles. The molecule has 1 atom stereocenters. The molecule has 2 saturated heterocycles. The molecule has 0 radical (unpaired) electrons. The van der Waals surface area contributed by atoms with Crippen molar-refractivity contribution < 1.29 is 9.59 Å². The van der Waals surface area contributed by atoms with E-state index in [-0.39, 0.29) is 17.9 Å². The van der Waals surface area contributed by atoms with E-state index in [9.17, 15) is 9.59 Å². The summed E-state index contributed by atoms with van der Waals surface area (Å²) in [6, 6.07) is 21.2. The van der Waals surface area contributed by atoms with Gasteiger partial charge in [0.1, 0.15) is 5.92 Å². The third kappa shape index (κ3) is 3.94. The molecule has 28 heavy (non-hydrogen) atoms. The van der Waals surface area contributed by atoms with Crippen molar-refractivity contribution in [3.05, 3.63) is 71.8 Å². The maximum atomic E-state index is 12.8. The van der Waals surface area contributed by atoms with Gasteiger partial charge in [0.25, 0.3) is 0 Å². The molecular formula is C23H27N3O2. The van der Waals surface area contributed by atoms with Crippen molar-refractivity contribution in [2.24, 2.45) is 5.92 Å². The van der Waals surface area contributed by atoms with Crippen LogP contribution in [0.1, 0.15) is 30.0 Å². The molecule has 2 aliphatic rings. The van der Waals surface area contributed by atoms with Gasteiger partial charge < -0.3 is 10.2 Å². The van der Waals surface area contributed by atoms with Crippen LogP contribution in [0.4, 0.5) is 0 Å². The second-order valence-electron chi connectivity index (χ2n) is 7.57. The molecular weight excluding hydrogens is 350 g/mol. The molecule has 146 valence electrons. The van der Waals surface area contributed by atoms with Gasteiger partial charge >= 0.3 is 0 Å². The van der Waals surface area contributed by atoms with Crippen molar-refractivity contribution in [3.63, 3.8) is 0 Å². The van der Waals surface area contributed by atoms with Gasteiger partial charge in [-0.15, -0.1) is 0 Å². The number of carbonyl (C=O) groups is 2. The predicted molar refractivity (Wildman–Crippen MR) is 109 cm³/mol. The van der Waals surface area contributed by atoms with Gasteiger partial charge in [-0.3, -0.25) is 14.5 Å². The van der Waals surface area contributed by atoms with E-state index >= 15 is 0 Å². The van der Waals surface area contributed by atoms with Crippen molar-refractivity contribution in [2.75, 3.05) is 32.7 Å². The number of hydrogen-bond donors (Lipinski definition) is 1. The minimum Gasteiger partial charge on any atom is -0.355 e. The Morgan fingerprint density at radius 1 is 0.893 bits per heavy atom. The molecule has 0 aromatic heterocycles. The Kier molecular flexibility index (Phi) is 5.72. The van der Waals surface area contributed by atoms with Crippen molar-refractivity contribution in [1.82, 2.24) is 15.1 Å². The van der Waals surface area contributed by atoms with Crippen LogP contribution >= 0.6 is 0 Å². The lowest BCUT2D eigenvalue weighted by Crippen LogP contribution is -2.54. The quantitative estimate of drug-likeness (QED) is 0.833. The zero-order valence-corrected chi connectivity index (χ0v) is 16.1. The van der Waals surface area contributed by atoms with Crippen LogP contribution in [0, 0.1) is 5.92 Å². The van der Waals surface area contributed by atoms with Gasteiger partial charge in [-0.1, -0.05) is 60.7 Å². The Labute approximate surface area is 166 Å². The van der Waals surface area contributed by atoms with E-state index in [1.807, 2.05) is 17.0 Å². The largest absolute Gasteiger partial charge is 0.355 e. The fourth-order valence-corrected chi connectivity index (χ4v) is 4.31. The number of piperidine rings is 1. The van der Waals surface area contributed by atoms with Gasteiger partial charge in [0, 0.05) is 32.7 Å². The summed E-state index contributed by atoms with van der Waals surface area (Å²) < 4.78 is 0. The van der Waals surface area contributed by atoms with Crippen LogP contribution < -0.4 is 5.32 Å². The summed E-state index contributed by atoms with van der Waals surface area (Å²) >= 11 is 0. The number of nitrogens with one attached hydrogen (secondary N) is 1. The van der Waals surface area contributed by atoms with Gasteiger partial charge in [0.2, 0.25) is 11.8 Å². The first kappa shape index (κ1) is 18.7. The monoisotopic (exact) mass is 377 g/mol. The topological polar surface area (TPSA) is 52.7 Å². The fourth-order valence-electron chi connectivity index (χ4n) is 4.31. The number of rotatable bonds is 4. The van der Waals surface area contributed by atoms with Crippen LogP contribution in [0.2, 0.25) is 0 Å². The Morgan fingerprint density at radius 3 is 2.00 bits per heavy atom. The molecule has 0 spiro atoms. The lowest BCUT2D eigenvalue weighted by Gasteiger charge is -2.40. The molecule has 2 aromatic rings. The third-order valence-corrected chi connectivity index (χ3v) is 5.81. The highest BCUT2D eigenvalue weighted by Gasteiger charge is 2.35. The van der Waals surface area contributed by atoms with E-state index in [1.165, 1.54) is 11.1 Å². The number of carbonyl (C=O) groups excluding carboxylic acids is 2. The Balaban J connectivity index is 1.47. The van der Waals surface area contributed by atoms with E-state index in [2.05, 4.69) is 58.7 Å². The molecule has 2 amide bonds. The summed E-state index contributed by atoms with van der Waals surface area (Å²) in [5, 5.41) is 2.83. The molecule has 0 aliphatic carbocycles. The smallest absolute Gasteiger partial charge is 0.235 e. The maximum Gasteiger partial charge on any atom is 0.235 e. The summed E-state index contributed by atoms with van der Waals surface area (Å²) in [7, 11) is 0. The highest BCUT2D eigenvalue weighted by Crippen LogP contribution is 2.29. The summed E-state index contributed by atoms with van der Waals surface area (Å²) in [5.41, 5.74) is 2.53. The molecule has 0 bridgehead atoms. The lowest BCUT2D eigenvalue weighted by atomic mass is 9.95. The molecule has 1 N–H and O–H groups in total. The van der Waals surface area contributed by atoms with Crippen molar-refractivity contribution >= 4 is 11.8 Å². The average Bonchev–Trinajstić information content (AvgIpc) is 2.76. The van der Waals surface area contributed by atoms with E-state index in [4.69, 9.17) is 0 Å². The predicted octanol–water partition coefficient (Wildman–Crippen LogP) is 2.45.